The Kier molecular flexibility index (Phi) is 4.63. The van der Waals surface area contributed by atoms with E-state index in [9.17, 15) is 13.2 Å². The molecule has 0 radical (unpaired) electrons. The van der Waals surface area contributed by atoms with Crippen LogP contribution in [0, 0.1) is 5.92 Å². The monoisotopic (exact) mass is 294 g/mol. The molecule has 1 fully saturated rings. The van der Waals surface area contributed by atoms with Gasteiger partial charge in [0.15, 0.2) is 9.84 Å². The van der Waals surface area contributed by atoms with Crippen LogP contribution in [0.4, 0.5) is 0 Å². The molecule has 1 aromatic carbocycles. The van der Waals surface area contributed by atoms with Gasteiger partial charge in [0, 0.05) is 12.2 Å². The molecule has 0 amide bonds. The first-order valence-electron chi connectivity index (χ1n) is 7.18. The second kappa shape index (κ2) is 6.08. The Morgan fingerprint density at radius 3 is 2.20 bits per heavy atom. The van der Waals surface area contributed by atoms with Gasteiger partial charge >= 0.3 is 0 Å². The molecule has 4 heteroatoms. The zero-order chi connectivity index (χ0) is 14.8. The second-order valence-electron chi connectivity index (χ2n) is 5.89. The molecule has 1 aliphatic carbocycles. The van der Waals surface area contributed by atoms with Gasteiger partial charge in [-0.15, -0.1) is 0 Å². The molecule has 20 heavy (non-hydrogen) atoms. The Morgan fingerprint density at radius 1 is 1.20 bits per heavy atom. The van der Waals surface area contributed by atoms with Crippen LogP contribution in [-0.2, 0) is 14.6 Å². The van der Waals surface area contributed by atoms with Gasteiger partial charge in [-0.3, -0.25) is 4.79 Å². The topological polar surface area (TPSA) is 51.2 Å². The highest BCUT2D eigenvalue weighted by atomic mass is 32.2. The molecule has 0 spiro atoms. The van der Waals surface area contributed by atoms with Crippen molar-refractivity contribution in [3.8, 4) is 0 Å². The van der Waals surface area contributed by atoms with E-state index in [1.165, 1.54) is 31.9 Å². The van der Waals surface area contributed by atoms with Crippen molar-refractivity contribution in [1.82, 2.24) is 0 Å². The van der Waals surface area contributed by atoms with E-state index in [2.05, 4.69) is 0 Å². The van der Waals surface area contributed by atoms with Crippen molar-refractivity contribution in [3.05, 3.63) is 29.8 Å². The number of benzene rings is 1. The summed E-state index contributed by atoms with van der Waals surface area (Å²) in [6.45, 7) is 1.63. The standard InChI is InChI=1S/C16H22O3S/c1-12(17)16(11-13-5-3-4-6-13)14-7-9-15(10-8-14)20(2,18)19/h7-10,13,16H,3-6,11H2,1-2H3/t16-/m0/s1. The number of ketones is 1. The van der Waals surface area contributed by atoms with Crippen LogP contribution in [0.5, 0.6) is 0 Å². The first-order chi connectivity index (χ1) is 9.38. The summed E-state index contributed by atoms with van der Waals surface area (Å²) in [5.41, 5.74) is 0.941. The van der Waals surface area contributed by atoms with E-state index in [4.69, 9.17) is 0 Å². The molecule has 1 atom stereocenters. The zero-order valence-corrected chi connectivity index (χ0v) is 12.9. The van der Waals surface area contributed by atoms with Gasteiger partial charge in [-0.05, 0) is 37.0 Å². The first-order valence-corrected chi connectivity index (χ1v) is 9.07. The van der Waals surface area contributed by atoms with E-state index in [1.807, 2.05) is 0 Å². The molecule has 2 rings (SSSR count). The van der Waals surface area contributed by atoms with Gasteiger partial charge in [0.05, 0.1) is 4.90 Å². The quantitative estimate of drug-likeness (QED) is 0.837. The highest BCUT2D eigenvalue weighted by Crippen LogP contribution is 2.34. The van der Waals surface area contributed by atoms with Crippen molar-refractivity contribution in [2.24, 2.45) is 5.92 Å². The molecule has 0 aromatic heterocycles. The number of Topliss-reactive ketones (excluding diaryl/α,β-unsaturated/α-hetero) is 1. The molecule has 0 N–H and O–H groups in total. The van der Waals surface area contributed by atoms with Crippen LogP contribution >= 0.6 is 0 Å². The van der Waals surface area contributed by atoms with Crippen LogP contribution in [0.15, 0.2) is 29.2 Å². The normalized spacial score (nSPS) is 18.1. The van der Waals surface area contributed by atoms with Crippen LogP contribution in [0.1, 0.15) is 50.5 Å². The Hall–Kier alpha value is -1.16. The van der Waals surface area contributed by atoms with Gasteiger partial charge in [-0.2, -0.15) is 0 Å². The summed E-state index contributed by atoms with van der Waals surface area (Å²) in [6.07, 6.45) is 7.05. The second-order valence-corrected chi connectivity index (χ2v) is 7.91. The Morgan fingerprint density at radius 2 is 1.75 bits per heavy atom. The van der Waals surface area contributed by atoms with E-state index in [-0.39, 0.29) is 11.7 Å². The molecule has 0 bridgehead atoms. The maximum absolute atomic E-state index is 11.9. The van der Waals surface area contributed by atoms with E-state index >= 15 is 0 Å². The van der Waals surface area contributed by atoms with Gasteiger partial charge in [0.25, 0.3) is 0 Å². The van der Waals surface area contributed by atoms with Crippen molar-refractivity contribution in [2.45, 2.75) is 49.8 Å². The fourth-order valence-electron chi connectivity index (χ4n) is 3.06. The minimum Gasteiger partial charge on any atom is -0.299 e. The van der Waals surface area contributed by atoms with Crippen LogP contribution in [0.2, 0.25) is 0 Å². The Labute approximate surface area is 121 Å². The number of rotatable bonds is 5. The summed E-state index contributed by atoms with van der Waals surface area (Å²) >= 11 is 0. The van der Waals surface area contributed by atoms with Crippen LogP contribution in [0.3, 0.4) is 0 Å². The van der Waals surface area contributed by atoms with E-state index in [0.717, 1.165) is 12.0 Å². The summed E-state index contributed by atoms with van der Waals surface area (Å²) < 4.78 is 22.9. The van der Waals surface area contributed by atoms with Crippen molar-refractivity contribution in [3.63, 3.8) is 0 Å². The average Bonchev–Trinajstić information content (AvgIpc) is 2.87. The predicted molar refractivity (Wildman–Crippen MR) is 79.5 cm³/mol. The van der Waals surface area contributed by atoms with E-state index in [1.54, 1.807) is 31.2 Å². The maximum atomic E-state index is 11.9. The Balaban J connectivity index is 2.19. The molecule has 0 heterocycles. The molecule has 1 aromatic rings. The highest BCUT2D eigenvalue weighted by molar-refractivity contribution is 7.90. The van der Waals surface area contributed by atoms with Crippen LogP contribution in [0.25, 0.3) is 0 Å². The average molecular weight is 294 g/mol. The molecule has 0 saturated heterocycles. The molecular formula is C16H22O3S. The third kappa shape index (κ3) is 3.69. The zero-order valence-electron chi connectivity index (χ0n) is 12.1. The number of hydrogen-bond donors (Lipinski definition) is 0. The van der Waals surface area contributed by atoms with Gasteiger partial charge < -0.3 is 0 Å². The minimum atomic E-state index is -3.17. The third-order valence-corrected chi connectivity index (χ3v) is 5.37. The van der Waals surface area contributed by atoms with Gasteiger partial charge in [0.1, 0.15) is 5.78 Å². The summed E-state index contributed by atoms with van der Waals surface area (Å²) in [4.78, 5) is 12.2. The third-order valence-electron chi connectivity index (χ3n) is 4.25. The molecule has 1 aliphatic rings. The van der Waals surface area contributed by atoms with Crippen LogP contribution < -0.4 is 0 Å². The lowest BCUT2D eigenvalue weighted by molar-refractivity contribution is -0.118. The van der Waals surface area contributed by atoms with Crippen molar-refractivity contribution >= 4 is 15.6 Å². The highest BCUT2D eigenvalue weighted by Gasteiger charge is 2.24. The number of sulfone groups is 1. The first kappa shape index (κ1) is 15.2. The molecular weight excluding hydrogens is 272 g/mol. The largest absolute Gasteiger partial charge is 0.299 e. The number of hydrogen-bond acceptors (Lipinski definition) is 3. The minimum absolute atomic E-state index is 0.0910. The fourth-order valence-corrected chi connectivity index (χ4v) is 3.69. The molecule has 0 unspecified atom stereocenters. The van der Waals surface area contributed by atoms with Crippen molar-refractivity contribution in [1.29, 1.82) is 0 Å². The molecule has 0 aliphatic heterocycles. The summed E-state index contributed by atoms with van der Waals surface area (Å²) in [5.74, 6) is 0.717. The SMILES string of the molecule is CC(=O)[C@H](CC1CCCC1)c1ccc(S(C)(=O)=O)cc1. The number of carbonyl (C=O) groups excluding carboxylic acids is 1. The summed E-state index contributed by atoms with van der Waals surface area (Å²) in [7, 11) is -3.17. The van der Waals surface area contributed by atoms with Gasteiger partial charge in [-0.1, -0.05) is 37.8 Å². The molecule has 110 valence electrons. The van der Waals surface area contributed by atoms with E-state index < -0.39 is 9.84 Å². The van der Waals surface area contributed by atoms with Crippen molar-refractivity contribution < 1.29 is 13.2 Å². The summed E-state index contributed by atoms with van der Waals surface area (Å²) in [5, 5.41) is 0. The lowest BCUT2D eigenvalue weighted by atomic mass is 9.85. The lowest BCUT2D eigenvalue weighted by Crippen LogP contribution is -2.13. The van der Waals surface area contributed by atoms with Crippen molar-refractivity contribution in [2.75, 3.05) is 6.26 Å². The van der Waals surface area contributed by atoms with E-state index in [0.29, 0.717) is 10.8 Å². The summed E-state index contributed by atoms with van der Waals surface area (Å²) in [6, 6.07) is 6.79. The maximum Gasteiger partial charge on any atom is 0.175 e. The molecule has 3 nitrogen and oxygen atoms in total. The van der Waals surface area contributed by atoms with Crippen LogP contribution in [-0.4, -0.2) is 20.5 Å². The predicted octanol–water partition coefficient (Wildman–Crippen LogP) is 3.34. The van der Waals surface area contributed by atoms with Gasteiger partial charge in [-0.25, -0.2) is 8.42 Å². The Bertz CT molecular complexity index is 566. The lowest BCUT2D eigenvalue weighted by Gasteiger charge is -2.18. The smallest absolute Gasteiger partial charge is 0.175 e. The van der Waals surface area contributed by atoms with Gasteiger partial charge in [0.2, 0.25) is 0 Å². The molecule has 1 saturated carbocycles. The fraction of sp³-hybridized carbons (Fsp3) is 0.562. The number of carbonyl (C=O) groups is 1.